The zero-order chi connectivity index (χ0) is 15.7. The number of phenols is 1. The second kappa shape index (κ2) is 8.80. The summed E-state index contributed by atoms with van der Waals surface area (Å²) in [4.78, 5) is 22.4. The van der Waals surface area contributed by atoms with Crippen LogP contribution in [0.4, 0.5) is 0 Å². The molecule has 0 atom stereocenters. The summed E-state index contributed by atoms with van der Waals surface area (Å²) in [6, 6.07) is 4.81. The third-order valence-electron chi connectivity index (χ3n) is 2.22. The van der Waals surface area contributed by atoms with E-state index in [1.807, 2.05) is 19.1 Å². The normalized spacial score (nSPS) is 10.1. The Morgan fingerprint density at radius 3 is 2.35 bits per heavy atom. The van der Waals surface area contributed by atoms with Gasteiger partial charge in [0.15, 0.2) is 0 Å². The molecule has 5 nitrogen and oxygen atoms in total. The van der Waals surface area contributed by atoms with E-state index in [2.05, 4.69) is 5.32 Å². The lowest BCUT2D eigenvalue weighted by atomic mass is 10.1. The molecule has 0 heterocycles. The lowest BCUT2D eigenvalue weighted by Crippen LogP contribution is -2.32. The van der Waals surface area contributed by atoms with Crippen LogP contribution in [0.25, 0.3) is 6.08 Å². The molecular formula is C14H19BN2O3. The standard InChI is InChI=1S/C12H13BN2O3.C2H6/c1-7-5-9(3-4-11(7)17)6-10(12(18)15-13)14-8(2)16;1-2/h3-6,17H,1-2H3,(H,14,16)(H,15,18);1-2H3/b10-6-;. The van der Waals surface area contributed by atoms with Gasteiger partial charge in [-0.05, 0) is 36.3 Å². The average Bonchev–Trinajstić information content (AvgIpc) is 2.43. The predicted molar refractivity (Wildman–Crippen MR) is 79.9 cm³/mol. The zero-order valence-corrected chi connectivity index (χ0v) is 12.2. The summed E-state index contributed by atoms with van der Waals surface area (Å²) in [6.07, 6.45) is 1.47. The Kier molecular flexibility index (Phi) is 7.81. The lowest BCUT2D eigenvalue weighted by Gasteiger charge is -2.07. The summed E-state index contributed by atoms with van der Waals surface area (Å²) in [7, 11) is 5.02. The number of hydrogen-bond donors (Lipinski definition) is 3. The Balaban J connectivity index is 0.00000172. The van der Waals surface area contributed by atoms with Crippen molar-refractivity contribution in [2.45, 2.75) is 27.7 Å². The summed E-state index contributed by atoms with van der Waals surface area (Å²) in [5.41, 5.74) is 1.37. The molecule has 0 bridgehead atoms. The highest BCUT2D eigenvalue weighted by Gasteiger charge is 2.09. The van der Waals surface area contributed by atoms with Crippen molar-refractivity contribution in [3.05, 3.63) is 35.0 Å². The molecule has 0 spiro atoms. The van der Waals surface area contributed by atoms with E-state index in [0.717, 1.165) is 0 Å². The number of nitrogens with one attached hydrogen (secondary N) is 2. The number of hydrogen-bond acceptors (Lipinski definition) is 3. The van der Waals surface area contributed by atoms with Gasteiger partial charge >= 0.3 is 0 Å². The van der Waals surface area contributed by atoms with Gasteiger partial charge in [0, 0.05) is 6.92 Å². The first-order valence-corrected chi connectivity index (χ1v) is 6.24. The quantitative estimate of drug-likeness (QED) is 0.576. The maximum absolute atomic E-state index is 11.4. The average molecular weight is 274 g/mol. The topological polar surface area (TPSA) is 78.4 Å². The highest BCUT2D eigenvalue weighted by Crippen LogP contribution is 2.18. The number of amides is 2. The summed E-state index contributed by atoms with van der Waals surface area (Å²) < 4.78 is 0. The molecule has 0 saturated carbocycles. The number of aromatic hydroxyl groups is 1. The first-order valence-electron chi connectivity index (χ1n) is 6.24. The third-order valence-corrected chi connectivity index (χ3v) is 2.22. The highest BCUT2D eigenvalue weighted by atomic mass is 16.3. The van der Waals surface area contributed by atoms with Crippen molar-refractivity contribution in [3.63, 3.8) is 0 Å². The minimum atomic E-state index is -0.601. The van der Waals surface area contributed by atoms with Crippen molar-refractivity contribution in [3.8, 4) is 5.75 Å². The van der Waals surface area contributed by atoms with Crippen molar-refractivity contribution in [2.24, 2.45) is 0 Å². The van der Waals surface area contributed by atoms with Crippen LogP contribution in [-0.4, -0.2) is 24.9 Å². The van der Waals surface area contributed by atoms with Crippen molar-refractivity contribution in [1.82, 2.24) is 10.5 Å². The fourth-order valence-electron chi connectivity index (χ4n) is 1.36. The van der Waals surface area contributed by atoms with E-state index in [9.17, 15) is 14.7 Å². The van der Waals surface area contributed by atoms with Gasteiger partial charge in [0.1, 0.15) is 11.4 Å². The van der Waals surface area contributed by atoms with Gasteiger partial charge in [-0.25, -0.2) is 0 Å². The second-order valence-corrected chi connectivity index (χ2v) is 3.76. The van der Waals surface area contributed by atoms with Crippen LogP contribution in [0.2, 0.25) is 0 Å². The van der Waals surface area contributed by atoms with Crippen LogP contribution in [-0.2, 0) is 9.59 Å². The van der Waals surface area contributed by atoms with Crippen LogP contribution in [0.15, 0.2) is 23.9 Å². The van der Waals surface area contributed by atoms with Gasteiger partial charge in [-0.15, -0.1) is 0 Å². The van der Waals surface area contributed by atoms with E-state index >= 15 is 0 Å². The molecule has 3 N–H and O–H groups in total. The van der Waals surface area contributed by atoms with E-state index in [1.54, 1.807) is 19.1 Å². The van der Waals surface area contributed by atoms with E-state index in [0.29, 0.717) is 11.1 Å². The molecule has 2 radical (unpaired) electrons. The largest absolute Gasteiger partial charge is 0.508 e. The minimum absolute atomic E-state index is 0.0371. The van der Waals surface area contributed by atoms with Crippen molar-refractivity contribution < 1.29 is 14.7 Å². The van der Waals surface area contributed by atoms with Crippen LogP contribution >= 0.6 is 0 Å². The van der Waals surface area contributed by atoms with E-state index in [1.165, 1.54) is 19.1 Å². The van der Waals surface area contributed by atoms with E-state index < -0.39 is 5.91 Å². The van der Waals surface area contributed by atoms with E-state index in [-0.39, 0.29) is 17.4 Å². The number of carbonyl (C=O) groups is 2. The first kappa shape index (κ1) is 17.8. The summed E-state index contributed by atoms with van der Waals surface area (Å²) in [6.45, 7) is 7.02. The first-order chi connectivity index (χ1) is 9.43. The van der Waals surface area contributed by atoms with Crippen LogP contribution < -0.4 is 10.5 Å². The van der Waals surface area contributed by atoms with Gasteiger partial charge in [-0.1, -0.05) is 19.9 Å². The number of rotatable bonds is 3. The Hall–Kier alpha value is -2.24. The molecule has 2 amide bonds. The molecule has 1 aromatic carbocycles. The van der Waals surface area contributed by atoms with Gasteiger partial charge in [0.25, 0.3) is 5.91 Å². The number of carbonyl (C=O) groups excluding carboxylic acids is 2. The molecule has 20 heavy (non-hydrogen) atoms. The second-order valence-electron chi connectivity index (χ2n) is 3.76. The fourth-order valence-corrected chi connectivity index (χ4v) is 1.36. The van der Waals surface area contributed by atoms with Gasteiger partial charge < -0.3 is 15.7 Å². The van der Waals surface area contributed by atoms with Crippen LogP contribution in [0.5, 0.6) is 5.75 Å². The van der Waals surface area contributed by atoms with Crippen LogP contribution in [0, 0.1) is 6.92 Å². The Bertz CT molecular complexity index is 513. The van der Waals surface area contributed by atoms with Crippen molar-refractivity contribution in [1.29, 1.82) is 0 Å². The molecule has 6 heteroatoms. The molecule has 0 aromatic heterocycles. The third kappa shape index (κ3) is 5.60. The minimum Gasteiger partial charge on any atom is -0.508 e. The Labute approximate surface area is 120 Å². The zero-order valence-electron chi connectivity index (χ0n) is 12.2. The number of benzene rings is 1. The summed E-state index contributed by atoms with van der Waals surface area (Å²) in [5.74, 6) is -0.812. The molecule has 0 aliphatic carbocycles. The molecule has 0 aliphatic rings. The molecular weight excluding hydrogens is 255 g/mol. The summed E-state index contributed by atoms with van der Waals surface area (Å²) in [5, 5.41) is 13.7. The maximum atomic E-state index is 11.4. The molecule has 0 fully saturated rings. The monoisotopic (exact) mass is 274 g/mol. The van der Waals surface area contributed by atoms with Crippen LogP contribution in [0.3, 0.4) is 0 Å². The fraction of sp³-hybridized carbons (Fsp3) is 0.286. The molecule has 106 valence electrons. The number of aryl methyl sites for hydroxylation is 1. The Morgan fingerprint density at radius 2 is 1.90 bits per heavy atom. The maximum Gasteiger partial charge on any atom is 0.255 e. The predicted octanol–water partition coefficient (Wildman–Crippen LogP) is 1.40. The smallest absolute Gasteiger partial charge is 0.255 e. The van der Waals surface area contributed by atoms with Gasteiger partial charge in [-0.2, -0.15) is 0 Å². The molecule has 0 saturated heterocycles. The van der Waals surface area contributed by atoms with Gasteiger partial charge in [0.2, 0.25) is 13.9 Å². The summed E-state index contributed by atoms with van der Waals surface area (Å²) >= 11 is 0. The van der Waals surface area contributed by atoms with Crippen LogP contribution in [0.1, 0.15) is 31.9 Å². The molecule has 0 unspecified atom stereocenters. The van der Waals surface area contributed by atoms with Gasteiger partial charge in [-0.3, -0.25) is 9.59 Å². The van der Waals surface area contributed by atoms with E-state index in [4.69, 9.17) is 7.98 Å². The molecule has 0 aliphatic heterocycles. The van der Waals surface area contributed by atoms with Crippen molar-refractivity contribution in [2.75, 3.05) is 0 Å². The molecule has 1 rings (SSSR count). The number of phenolic OH excluding ortho intramolecular Hbond substituents is 1. The highest BCUT2D eigenvalue weighted by molar-refractivity contribution is 6.19. The van der Waals surface area contributed by atoms with Crippen molar-refractivity contribution >= 4 is 25.9 Å². The SMILES string of the molecule is CC.[B]NC(=O)/C(=C/c1ccc(O)c(C)c1)NC(C)=O. The molecule has 1 aromatic rings. The Morgan fingerprint density at radius 1 is 1.30 bits per heavy atom. The van der Waals surface area contributed by atoms with Gasteiger partial charge in [0.05, 0.1) is 0 Å². The lowest BCUT2D eigenvalue weighted by molar-refractivity contribution is -0.121.